The van der Waals surface area contributed by atoms with Gasteiger partial charge < -0.3 is 14.9 Å². The number of ether oxygens (including phenoxy) is 1. The summed E-state index contributed by atoms with van der Waals surface area (Å²) < 4.78 is 6.66. The highest BCUT2D eigenvalue weighted by atomic mass is 16.6. The highest BCUT2D eigenvalue weighted by molar-refractivity contribution is 5.92. The zero-order chi connectivity index (χ0) is 18.8. The van der Waals surface area contributed by atoms with Gasteiger partial charge in [-0.15, -0.1) is 0 Å². The van der Waals surface area contributed by atoms with E-state index in [4.69, 9.17) is 4.74 Å². The van der Waals surface area contributed by atoms with E-state index in [1.54, 1.807) is 0 Å². The number of carbonyl (C=O) groups excluding carboxylic acids is 1. The maximum Gasteiger partial charge on any atom is 0.155 e. The molecule has 0 aromatic rings. The largest absolute Gasteiger partial charge is 0.396 e. The van der Waals surface area contributed by atoms with Crippen molar-refractivity contribution in [1.29, 1.82) is 0 Å². The van der Waals surface area contributed by atoms with E-state index in [1.165, 1.54) is 12.0 Å². The molecule has 0 radical (unpaired) electrons. The minimum atomic E-state index is -0.664. The van der Waals surface area contributed by atoms with E-state index in [2.05, 4.69) is 13.8 Å². The summed E-state index contributed by atoms with van der Waals surface area (Å²) in [5.74, 6) is 2.56. The van der Waals surface area contributed by atoms with Gasteiger partial charge in [-0.05, 0) is 74.7 Å². The number of carbonyl (C=O) groups is 1. The second-order valence-corrected chi connectivity index (χ2v) is 11.0. The van der Waals surface area contributed by atoms with E-state index >= 15 is 0 Å². The Balaban J connectivity index is 1.42. The van der Waals surface area contributed by atoms with Crippen molar-refractivity contribution in [1.82, 2.24) is 0 Å². The summed E-state index contributed by atoms with van der Waals surface area (Å²) in [5.41, 5.74) is 0.569. The minimum absolute atomic E-state index is 0.0149. The Bertz CT molecular complexity index is 759. The van der Waals surface area contributed by atoms with Gasteiger partial charge in [0.05, 0.1) is 11.7 Å². The van der Waals surface area contributed by atoms with Gasteiger partial charge in [0.15, 0.2) is 5.78 Å². The fourth-order valence-corrected chi connectivity index (χ4v) is 8.71. The fraction of sp³-hybridized carbons (Fsp3) is 0.870. The molecule has 4 nitrogen and oxygen atoms in total. The van der Waals surface area contributed by atoms with Crippen LogP contribution in [0.25, 0.3) is 0 Å². The SMILES string of the molecule is C[C@]12CCC(=O)C=C1C1CC1[C@H]1[C@@H]3CCC(O)(CCCO)[C@@]3(C)CC3OC312. The minimum Gasteiger partial charge on any atom is -0.396 e. The maximum absolute atomic E-state index is 12.2. The number of hydrogen-bond donors (Lipinski definition) is 2. The first-order valence-electron chi connectivity index (χ1n) is 11.1. The number of aliphatic hydroxyl groups is 2. The van der Waals surface area contributed by atoms with Crippen LogP contribution in [0.5, 0.6) is 0 Å². The van der Waals surface area contributed by atoms with Gasteiger partial charge in [0.25, 0.3) is 0 Å². The van der Waals surface area contributed by atoms with Gasteiger partial charge in [-0.1, -0.05) is 19.4 Å². The summed E-state index contributed by atoms with van der Waals surface area (Å²) in [5, 5.41) is 20.9. The molecule has 5 unspecified atom stereocenters. The predicted molar refractivity (Wildman–Crippen MR) is 99.8 cm³/mol. The van der Waals surface area contributed by atoms with Crippen LogP contribution in [-0.2, 0) is 9.53 Å². The Morgan fingerprint density at radius 3 is 2.89 bits per heavy atom. The normalized spacial score (nSPS) is 59.8. The van der Waals surface area contributed by atoms with Gasteiger partial charge in [-0.2, -0.15) is 0 Å². The molecule has 9 atom stereocenters. The van der Waals surface area contributed by atoms with Crippen LogP contribution in [0, 0.1) is 34.5 Å². The Kier molecular flexibility index (Phi) is 3.10. The first kappa shape index (κ1) is 17.2. The maximum atomic E-state index is 12.2. The van der Waals surface area contributed by atoms with Gasteiger partial charge >= 0.3 is 0 Å². The average Bonchev–Trinajstić information content (AvgIpc) is 3.52. The number of hydrogen-bond acceptors (Lipinski definition) is 4. The topological polar surface area (TPSA) is 70.1 Å². The average molecular weight is 373 g/mol. The summed E-state index contributed by atoms with van der Waals surface area (Å²) in [6, 6.07) is 0. The van der Waals surface area contributed by atoms with Crippen LogP contribution >= 0.6 is 0 Å². The van der Waals surface area contributed by atoms with Crippen LogP contribution < -0.4 is 0 Å². The lowest BCUT2D eigenvalue weighted by Crippen LogP contribution is -2.60. The van der Waals surface area contributed by atoms with E-state index in [9.17, 15) is 15.0 Å². The highest BCUT2D eigenvalue weighted by Gasteiger charge is 2.84. The van der Waals surface area contributed by atoms with Gasteiger partial charge in [-0.25, -0.2) is 0 Å². The van der Waals surface area contributed by atoms with Crippen molar-refractivity contribution in [3.63, 3.8) is 0 Å². The molecule has 148 valence electrons. The van der Waals surface area contributed by atoms with Crippen LogP contribution in [0.1, 0.15) is 65.2 Å². The summed E-state index contributed by atoms with van der Waals surface area (Å²) >= 11 is 0. The molecule has 27 heavy (non-hydrogen) atoms. The van der Waals surface area contributed by atoms with E-state index in [-0.39, 0.29) is 29.1 Å². The fourth-order valence-electron chi connectivity index (χ4n) is 8.71. The van der Waals surface area contributed by atoms with E-state index in [0.29, 0.717) is 48.7 Å². The molecule has 1 saturated heterocycles. The molecule has 0 amide bonds. The summed E-state index contributed by atoms with van der Waals surface area (Å²) in [7, 11) is 0. The van der Waals surface area contributed by atoms with Gasteiger partial charge in [0.1, 0.15) is 5.60 Å². The van der Waals surface area contributed by atoms with Gasteiger partial charge in [0.2, 0.25) is 0 Å². The molecule has 4 heteroatoms. The quantitative estimate of drug-likeness (QED) is 0.747. The van der Waals surface area contributed by atoms with Crippen molar-refractivity contribution in [2.45, 2.75) is 82.5 Å². The number of rotatable bonds is 3. The Labute approximate surface area is 161 Å². The number of ketones is 1. The number of aliphatic hydroxyl groups excluding tert-OH is 1. The summed E-state index contributed by atoms with van der Waals surface area (Å²) in [4.78, 5) is 12.2. The molecule has 0 aromatic heterocycles. The third kappa shape index (κ3) is 1.76. The Hall–Kier alpha value is -0.710. The van der Waals surface area contributed by atoms with Crippen LogP contribution in [0.3, 0.4) is 0 Å². The molecule has 2 N–H and O–H groups in total. The lowest BCUT2D eigenvalue weighted by Gasteiger charge is -2.56. The van der Waals surface area contributed by atoms with Crippen molar-refractivity contribution >= 4 is 5.78 Å². The van der Waals surface area contributed by atoms with Crippen LogP contribution in [0.4, 0.5) is 0 Å². The Morgan fingerprint density at radius 1 is 1.30 bits per heavy atom. The molecule has 5 fully saturated rings. The van der Waals surface area contributed by atoms with Crippen molar-refractivity contribution in [3.8, 4) is 0 Å². The lowest BCUT2D eigenvalue weighted by atomic mass is 9.46. The third-order valence-electron chi connectivity index (χ3n) is 10.2. The summed E-state index contributed by atoms with van der Waals surface area (Å²) in [6.07, 6.45) is 9.27. The number of epoxide rings is 1. The molecule has 6 rings (SSSR count). The van der Waals surface area contributed by atoms with E-state index in [1.807, 2.05) is 6.08 Å². The Morgan fingerprint density at radius 2 is 2.11 bits per heavy atom. The van der Waals surface area contributed by atoms with Crippen LogP contribution in [-0.4, -0.2) is 39.9 Å². The molecule has 0 aromatic carbocycles. The van der Waals surface area contributed by atoms with Gasteiger partial charge in [-0.3, -0.25) is 4.79 Å². The van der Waals surface area contributed by atoms with Crippen LogP contribution in [0.2, 0.25) is 0 Å². The second kappa shape index (κ2) is 4.88. The second-order valence-electron chi connectivity index (χ2n) is 11.0. The lowest BCUT2D eigenvalue weighted by molar-refractivity contribution is -0.123. The monoisotopic (exact) mass is 372 g/mol. The first-order chi connectivity index (χ1) is 12.8. The third-order valence-corrected chi connectivity index (χ3v) is 10.2. The van der Waals surface area contributed by atoms with E-state index in [0.717, 1.165) is 25.7 Å². The smallest absolute Gasteiger partial charge is 0.155 e. The van der Waals surface area contributed by atoms with Crippen LogP contribution in [0.15, 0.2) is 11.6 Å². The molecule has 6 aliphatic rings. The predicted octanol–water partition coefficient (Wildman–Crippen LogP) is 3.01. The molecule has 1 spiro atoms. The molecule has 1 aliphatic heterocycles. The highest BCUT2D eigenvalue weighted by Crippen LogP contribution is 2.82. The van der Waals surface area contributed by atoms with Crippen molar-refractivity contribution in [2.24, 2.45) is 34.5 Å². The first-order valence-corrected chi connectivity index (χ1v) is 11.1. The van der Waals surface area contributed by atoms with Crippen molar-refractivity contribution < 1.29 is 19.7 Å². The zero-order valence-electron chi connectivity index (χ0n) is 16.5. The molecule has 0 bridgehead atoms. The zero-order valence-corrected chi connectivity index (χ0v) is 16.5. The van der Waals surface area contributed by atoms with Crippen molar-refractivity contribution in [2.75, 3.05) is 6.61 Å². The summed E-state index contributed by atoms with van der Waals surface area (Å²) in [6.45, 7) is 4.84. The molecular weight excluding hydrogens is 340 g/mol. The molecule has 1 heterocycles. The molecular formula is C23H32O4. The molecule has 5 aliphatic carbocycles. The molecule has 4 saturated carbocycles. The number of fused-ring (bicyclic) bond motifs is 6. The van der Waals surface area contributed by atoms with Crippen molar-refractivity contribution in [3.05, 3.63) is 11.6 Å². The van der Waals surface area contributed by atoms with Gasteiger partial charge in [0, 0.05) is 23.9 Å². The standard InChI is InChI=1S/C23H32O4/c1-20-7-4-13(25)10-17(20)14-11-15(14)19-16-5-8-22(26,6-3-9-24)21(16,2)12-18-23(19,20)27-18/h10,14-16,18-19,24,26H,3-9,11-12H2,1-2H3/t14?,15?,16-,18?,19-,20-,21-,22?,23?/m0/s1. The van der Waals surface area contributed by atoms with E-state index < -0.39 is 5.60 Å².